The molecule has 0 unspecified atom stereocenters. The molecule has 1 saturated heterocycles. The van der Waals surface area contributed by atoms with Crippen LogP contribution in [0, 0.1) is 5.92 Å². The smallest absolute Gasteiger partial charge is 0.277 e. The van der Waals surface area contributed by atoms with Crippen LogP contribution in [-0.2, 0) is 9.68 Å². The van der Waals surface area contributed by atoms with Gasteiger partial charge in [-0.25, -0.2) is 5.06 Å². The number of carbonyl (C=O) groups is 1. The van der Waals surface area contributed by atoms with Crippen LogP contribution in [0.1, 0.15) is 22.3 Å². The van der Waals surface area contributed by atoms with Crippen LogP contribution in [0.2, 0.25) is 0 Å². The van der Waals surface area contributed by atoms with Crippen LogP contribution in [0.3, 0.4) is 0 Å². The zero-order valence-electron chi connectivity index (χ0n) is 17.2. The second kappa shape index (κ2) is 6.65. The molecule has 1 aliphatic carbocycles. The third kappa shape index (κ3) is 2.43. The number of rotatable bonds is 2. The average molecular weight is 420 g/mol. The van der Waals surface area contributed by atoms with Crippen molar-refractivity contribution in [2.45, 2.75) is 24.7 Å². The van der Waals surface area contributed by atoms with Crippen molar-refractivity contribution in [3.63, 3.8) is 0 Å². The Morgan fingerprint density at radius 2 is 1.53 bits per heavy atom. The molecule has 32 heavy (non-hydrogen) atoms. The van der Waals surface area contributed by atoms with E-state index in [1.807, 2.05) is 30.3 Å². The van der Waals surface area contributed by atoms with Gasteiger partial charge >= 0.3 is 0 Å². The molecule has 0 N–H and O–H groups in total. The Morgan fingerprint density at radius 1 is 0.875 bits per heavy atom. The fraction of sp³-hybridized carbons (Fsp3) is 0.185. The van der Waals surface area contributed by atoms with E-state index in [9.17, 15) is 4.79 Å². The first-order chi connectivity index (χ1) is 15.8. The third-order valence-corrected chi connectivity index (χ3v) is 7.00. The lowest BCUT2D eigenvalue weighted by molar-refractivity contribution is -0.196. The first-order valence-electron chi connectivity index (χ1n) is 11.0. The van der Waals surface area contributed by atoms with Crippen molar-refractivity contribution < 1.29 is 14.5 Å². The zero-order valence-corrected chi connectivity index (χ0v) is 17.2. The fourth-order valence-corrected chi connectivity index (χ4v) is 5.60. The number of nitrogens with zero attached hydrogens (tertiary/aromatic N) is 2. The summed E-state index contributed by atoms with van der Waals surface area (Å²) in [5.41, 5.74) is 2.65. The van der Waals surface area contributed by atoms with E-state index in [-0.39, 0.29) is 30.1 Å². The Bertz CT molecular complexity index is 1360. The monoisotopic (exact) mass is 420 g/mol. The molecule has 2 heterocycles. The van der Waals surface area contributed by atoms with E-state index in [1.54, 1.807) is 5.06 Å². The largest absolute Gasteiger partial charge is 0.389 e. The van der Waals surface area contributed by atoms with E-state index >= 15 is 0 Å². The minimum Gasteiger partial charge on any atom is -0.389 e. The molecule has 7 rings (SSSR count). The van der Waals surface area contributed by atoms with Crippen molar-refractivity contribution in [2.75, 3.05) is 0 Å². The van der Waals surface area contributed by atoms with Crippen LogP contribution in [0.4, 0.5) is 0 Å². The molecule has 0 spiro atoms. The van der Waals surface area contributed by atoms with Crippen molar-refractivity contribution in [1.29, 1.82) is 0 Å². The van der Waals surface area contributed by atoms with Crippen molar-refractivity contribution in [1.82, 2.24) is 5.06 Å². The molecule has 2 aliphatic heterocycles. The summed E-state index contributed by atoms with van der Waals surface area (Å²) in [4.78, 5) is 25.2. The Morgan fingerprint density at radius 3 is 2.25 bits per heavy atom. The standard InChI is InChI=1S/C27H20N2O3/c30-27(16-8-2-1-3-9-16)29-21-15-22(32-29)26-24(21)25(28-31-26)23-19-12-6-4-10-17(19)14-18-11-5-7-13-20(18)23/h1-14,21-22,24,26H,15H2/t21-,22+,24-,26-/m1/s1. The molecule has 4 aromatic rings. The molecule has 5 heteroatoms. The van der Waals surface area contributed by atoms with Gasteiger partial charge in [0.2, 0.25) is 0 Å². The van der Waals surface area contributed by atoms with Gasteiger partial charge < -0.3 is 4.84 Å². The lowest BCUT2D eigenvalue weighted by Crippen LogP contribution is -2.48. The molecule has 0 radical (unpaired) electrons. The van der Waals surface area contributed by atoms with Crippen LogP contribution in [0.5, 0.6) is 0 Å². The van der Waals surface area contributed by atoms with Gasteiger partial charge in [-0.15, -0.1) is 0 Å². The summed E-state index contributed by atoms with van der Waals surface area (Å²) in [6.07, 6.45) is 0.433. The van der Waals surface area contributed by atoms with Gasteiger partial charge in [0.05, 0.1) is 17.7 Å². The number of benzene rings is 4. The number of carbonyl (C=O) groups excluding carboxylic acids is 1. The molecule has 4 atom stereocenters. The van der Waals surface area contributed by atoms with Crippen LogP contribution in [-0.4, -0.2) is 34.9 Å². The molecular formula is C27H20N2O3. The van der Waals surface area contributed by atoms with Gasteiger partial charge in [-0.1, -0.05) is 71.9 Å². The Balaban J connectivity index is 1.36. The minimum atomic E-state index is -0.167. The van der Waals surface area contributed by atoms with Gasteiger partial charge in [0.15, 0.2) is 6.10 Å². The Hall–Kier alpha value is -3.70. The van der Waals surface area contributed by atoms with Crippen molar-refractivity contribution in [3.8, 4) is 0 Å². The molecule has 156 valence electrons. The molecule has 5 nitrogen and oxygen atoms in total. The highest BCUT2D eigenvalue weighted by Crippen LogP contribution is 2.48. The summed E-state index contributed by atoms with van der Waals surface area (Å²) >= 11 is 0. The van der Waals surface area contributed by atoms with Gasteiger partial charge in [0.1, 0.15) is 6.10 Å². The summed E-state index contributed by atoms with van der Waals surface area (Å²) in [5.74, 6) is -0.124. The van der Waals surface area contributed by atoms with Gasteiger partial charge in [0.25, 0.3) is 5.91 Å². The van der Waals surface area contributed by atoms with Crippen LogP contribution in [0.15, 0.2) is 90.1 Å². The highest BCUT2D eigenvalue weighted by atomic mass is 16.7. The van der Waals surface area contributed by atoms with Crippen molar-refractivity contribution >= 4 is 33.2 Å². The van der Waals surface area contributed by atoms with E-state index in [2.05, 4.69) is 59.8 Å². The quantitative estimate of drug-likeness (QED) is 0.432. The third-order valence-electron chi connectivity index (χ3n) is 7.00. The number of amides is 1. The Labute approximate surface area is 184 Å². The first kappa shape index (κ1) is 17.9. The van der Waals surface area contributed by atoms with Crippen LogP contribution in [0.25, 0.3) is 21.5 Å². The minimum absolute atomic E-state index is 0.0179. The molecule has 4 aromatic carbocycles. The highest BCUT2D eigenvalue weighted by Gasteiger charge is 2.61. The lowest BCUT2D eigenvalue weighted by Gasteiger charge is -2.33. The summed E-state index contributed by atoms with van der Waals surface area (Å²) in [6.45, 7) is 0. The Kier molecular flexibility index (Phi) is 3.72. The normalized spacial score (nSPS) is 25.8. The van der Waals surface area contributed by atoms with E-state index < -0.39 is 0 Å². The molecule has 3 aliphatic rings. The van der Waals surface area contributed by atoms with Gasteiger partial charge in [0, 0.05) is 17.5 Å². The summed E-state index contributed by atoms with van der Waals surface area (Å²) in [7, 11) is 0. The number of hydrogen-bond acceptors (Lipinski definition) is 4. The number of oxime groups is 1. The molecule has 1 amide bonds. The maximum atomic E-state index is 13.2. The predicted molar refractivity (Wildman–Crippen MR) is 122 cm³/mol. The summed E-state index contributed by atoms with van der Waals surface area (Å²) < 4.78 is 0. The highest BCUT2D eigenvalue weighted by molar-refractivity contribution is 6.22. The summed E-state index contributed by atoms with van der Waals surface area (Å²) in [6, 6.07) is 28.2. The number of hydroxylamine groups is 2. The second-order valence-corrected chi connectivity index (χ2v) is 8.71. The molecule has 0 aromatic heterocycles. The molecular weight excluding hydrogens is 400 g/mol. The average Bonchev–Trinajstić information content (AvgIpc) is 3.55. The van der Waals surface area contributed by atoms with Crippen molar-refractivity contribution in [2.24, 2.45) is 11.1 Å². The lowest BCUT2D eigenvalue weighted by atomic mass is 9.85. The van der Waals surface area contributed by atoms with E-state index in [4.69, 9.17) is 9.68 Å². The zero-order chi connectivity index (χ0) is 21.2. The van der Waals surface area contributed by atoms with Gasteiger partial charge in [-0.3, -0.25) is 9.63 Å². The van der Waals surface area contributed by atoms with Crippen LogP contribution < -0.4 is 0 Å². The SMILES string of the molecule is O=C(c1ccccc1)N1O[C@H]2C[C@@H]1[C@@H]1C(c3c4ccccc4cc4ccccc34)=NO[C@@H]12. The maximum absolute atomic E-state index is 13.2. The van der Waals surface area contributed by atoms with E-state index in [1.165, 1.54) is 10.8 Å². The topological polar surface area (TPSA) is 51.1 Å². The van der Waals surface area contributed by atoms with Crippen molar-refractivity contribution in [3.05, 3.63) is 96.1 Å². The van der Waals surface area contributed by atoms with Crippen LogP contribution >= 0.6 is 0 Å². The van der Waals surface area contributed by atoms with Gasteiger partial charge in [-0.2, -0.15) is 0 Å². The molecule has 2 fully saturated rings. The fourth-order valence-electron chi connectivity index (χ4n) is 5.60. The second-order valence-electron chi connectivity index (χ2n) is 8.71. The first-order valence-corrected chi connectivity index (χ1v) is 11.0. The number of fused-ring (bicyclic) bond motifs is 7. The predicted octanol–water partition coefficient (Wildman–Crippen LogP) is 4.94. The molecule has 1 saturated carbocycles. The molecule has 2 bridgehead atoms. The maximum Gasteiger partial charge on any atom is 0.277 e. The van der Waals surface area contributed by atoms with Gasteiger partial charge in [-0.05, 0) is 39.7 Å². The van der Waals surface area contributed by atoms with E-state index in [0.717, 1.165) is 28.5 Å². The summed E-state index contributed by atoms with van der Waals surface area (Å²) in [5, 5.41) is 10.8. The van der Waals surface area contributed by atoms with E-state index in [0.29, 0.717) is 5.56 Å². The number of hydrogen-bond donors (Lipinski definition) is 0.